The Morgan fingerprint density at radius 3 is 2.64 bits per heavy atom. The number of ether oxygens (including phenoxy) is 3. The second-order valence-electron chi connectivity index (χ2n) is 5.63. The first-order valence-corrected chi connectivity index (χ1v) is 7.64. The van der Waals surface area contributed by atoms with Crippen molar-refractivity contribution in [2.24, 2.45) is 0 Å². The Morgan fingerprint density at radius 1 is 1.23 bits per heavy atom. The number of methoxy groups -OCH3 is 2. The highest BCUT2D eigenvalue weighted by Crippen LogP contribution is 2.49. The van der Waals surface area contributed by atoms with Crippen LogP contribution in [0.2, 0.25) is 0 Å². The molecule has 22 heavy (non-hydrogen) atoms. The van der Waals surface area contributed by atoms with Crippen LogP contribution >= 0.6 is 0 Å². The number of hydrogen-bond acceptors (Lipinski definition) is 4. The SMILES string of the molecule is COCCOCCNC(=O)C1(c2ccc(C)c(OC)c2)CC1. The minimum absolute atomic E-state index is 0.0775. The van der Waals surface area contributed by atoms with Gasteiger partial charge in [-0.1, -0.05) is 12.1 Å². The van der Waals surface area contributed by atoms with E-state index in [-0.39, 0.29) is 11.3 Å². The average molecular weight is 307 g/mol. The maximum Gasteiger partial charge on any atom is 0.230 e. The highest BCUT2D eigenvalue weighted by Gasteiger charge is 2.51. The highest BCUT2D eigenvalue weighted by molar-refractivity contribution is 5.91. The predicted molar refractivity (Wildman–Crippen MR) is 84.3 cm³/mol. The zero-order valence-corrected chi connectivity index (χ0v) is 13.6. The molecule has 2 rings (SSSR count). The van der Waals surface area contributed by atoms with E-state index in [4.69, 9.17) is 14.2 Å². The molecule has 122 valence electrons. The first-order valence-electron chi connectivity index (χ1n) is 7.64. The van der Waals surface area contributed by atoms with Crippen LogP contribution < -0.4 is 10.1 Å². The number of benzene rings is 1. The lowest BCUT2D eigenvalue weighted by Gasteiger charge is -2.17. The normalized spacial score (nSPS) is 15.4. The Labute approximate surface area is 131 Å². The maximum atomic E-state index is 12.5. The van der Waals surface area contributed by atoms with E-state index in [2.05, 4.69) is 5.32 Å². The third kappa shape index (κ3) is 3.78. The van der Waals surface area contributed by atoms with Gasteiger partial charge in [0, 0.05) is 13.7 Å². The Morgan fingerprint density at radius 2 is 2.00 bits per heavy atom. The minimum atomic E-state index is -0.381. The van der Waals surface area contributed by atoms with E-state index < -0.39 is 0 Å². The van der Waals surface area contributed by atoms with Crippen LogP contribution in [0.3, 0.4) is 0 Å². The summed E-state index contributed by atoms with van der Waals surface area (Å²) in [4.78, 5) is 12.5. The molecule has 0 spiro atoms. The molecule has 0 bridgehead atoms. The summed E-state index contributed by atoms with van der Waals surface area (Å²) >= 11 is 0. The molecule has 1 aliphatic carbocycles. The minimum Gasteiger partial charge on any atom is -0.496 e. The number of amides is 1. The zero-order valence-electron chi connectivity index (χ0n) is 13.6. The van der Waals surface area contributed by atoms with E-state index >= 15 is 0 Å². The lowest BCUT2D eigenvalue weighted by Crippen LogP contribution is -2.36. The van der Waals surface area contributed by atoms with Crippen molar-refractivity contribution in [2.45, 2.75) is 25.2 Å². The molecule has 0 saturated heterocycles. The van der Waals surface area contributed by atoms with E-state index in [1.165, 1.54) is 0 Å². The van der Waals surface area contributed by atoms with Crippen molar-refractivity contribution in [2.75, 3.05) is 40.6 Å². The van der Waals surface area contributed by atoms with Crippen LogP contribution in [0, 0.1) is 6.92 Å². The average Bonchev–Trinajstić information content (AvgIpc) is 3.33. The molecule has 1 N–H and O–H groups in total. The Bertz CT molecular complexity index is 511. The number of hydrogen-bond donors (Lipinski definition) is 1. The smallest absolute Gasteiger partial charge is 0.230 e. The lowest BCUT2D eigenvalue weighted by atomic mass is 9.93. The fraction of sp³-hybridized carbons (Fsp3) is 0.588. The largest absolute Gasteiger partial charge is 0.496 e. The van der Waals surface area contributed by atoms with Crippen LogP contribution in [0.1, 0.15) is 24.0 Å². The second kappa shape index (κ2) is 7.61. The molecule has 0 aliphatic heterocycles. The van der Waals surface area contributed by atoms with Gasteiger partial charge in [0.2, 0.25) is 5.91 Å². The van der Waals surface area contributed by atoms with Gasteiger partial charge in [-0.15, -0.1) is 0 Å². The summed E-state index contributed by atoms with van der Waals surface area (Å²) in [6, 6.07) is 6.02. The van der Waals surface area contributed by atoms with Crippen LogP contribution in [-0.2, 0) is 19.7 Å². The monoisotopic (exact) mass is 307 g/mol. The molecule has 1 aromatic carbocycles. The highest BCUT2D eigenvalue weighted by atomic mass is 16.5. The summed E-state index contributed by atoms with van der Waals surface area (Å²) in [7, 11) is 3.29. The molecule has 0 unspecified atom stereocenters. The van der Waals surface area contributed by atoms with Gasteiger partial charge in [0.05, 0.1) is 32.3 Å². The van der Waals surface area contributed by atoms with Crippen LogP contribution in [-0.4, -0.2) is 46.5 Å². The van der Waals surface area contributed by atoms with E-state index in [9.17, 15) is 4.79 Å². The molecule has 0 radical (unpaired) electrons. The van der Waals surface area contributed by atoms with Crippen molar-refractivity contribution in [3.05, 3.63) is 29.3 Å². The van der Waals surface area contributed by atoms with Gasteiger partial charge in [0.15, 0.2) is 0 Å². The number of rotatable bonds is 9. The number of nitrogens with one attached hydrogen (secondary N) is 1. The first-order chi connectivity index (χ1) is 10.6. The summed E-state index contributed by atoms with van der Waals surface area (Å²) in [5.41, 5.74) is 1.73. The second-order valence-corrected chi connectivity index (χ2v) is 5.63. The first kappa shape index (κ1) is 16.8. The standard InChI is InChI=1S/C17H25NO4/c1-13-4-5-14(12-15(13)21-3)17(6-7-17)16(19)18-8-9-22-11-10-20-2/h4-5,12H,6-11H2,1-3H3,(H,18,19). The van der Waals surface area contributed by atoms with Gasteiger partial charge in [-0.2, -0.15) is 0 Å². The van der Waals surface area contributed by atoms with Crippen LogP contribution in [0.4, 0.5) is 0 Å². The molecule has 0 aromatic heterocycles. The summed E-state index contributed by atoms with van der Waals surface area (Å²) in [5, 5.41) is 2.97. The van der Waals surface area contributed by atoms with Crippen molar-refractivity contribution < 1.29 is 19.0 Å². The lowest BCUT2D eigenvalue weighted by molar-refractivity contribution is -0.123. The number of carbonyl (C=O) groups excluding carboxylic acids is 1. The van der Waals surface area contributed by atoms with Crippen molar-refractivity contribution in [1.29, 1.82) is 0 Å². The molecule has 1 aliphatic rings. The maximum absolute atomic E-state index is 12.5. The van der Waals surface area contributed by atoms with Crippen LogP contribution in [0.5, 0.6) is 5.75 Å². The molecule has 0 atom stereocenters. The molecule has 1 aromatic rings. The van der Waals surface area contributed by atoms with Crippen LogP contribution in [0.15, 0.2) is 18.2 Å². The summed E-state index contributed by atoms with van der Waals surface area (Å²) in [6.45, 7) is 4.14. The van der Waals surface area contributed by atoms with Gasteiger partial charge in [-0.3, -0.25) is 4.79 Å². The van der Waals surface area contributed by atoms with E-state index in [0.29, 0.717) is 26.4 Å². The predicted octanol–water partition coefficient (Wildman–Crippen LogP) is 1.81. The molecule has 1 saturated carbocycles. The molecule has 5 heteroatoms. The Balaban J connectivity index is 1.89. The van der Waals surface area contributed by atoms with E-state index in [1.54, 1.807) is 14.2 Å². The molecular weight excluding hydrogens is 282 g/mol. The fourth-order valence-electron chi connectivity index (χ4n) is 2.54. The third-order valence-electron chi connectivity index (χ3n) is 4.11. The molecule has 5 nitrogen and oxygen atoms in total. The zero-order chi connectivity index (χ0) is 16.0. The number of aryl methyl sites for hydroxylation is 1. The third-order valence-corrected chi connectivity index (χ3v) is 4.11. The summed E-state index contributed by atoms with van der Waals surface area (Å²) in [5.74, 6) is 0.910. The molecule has 1 fully saturated rings. The van der Waals surface area contributed by atoms with E-state index in [1.807, 2.05) is 25.1 Å². The van der Waals surface area contributed by atoms with Crippen molar-refractivity contribution in [3.63, 3.8) is 0 Å². The topological polar surface area (TPSA) is 56.8 Å². The van der Waals surface area contributed by atoms with Gasteiger partial charge in [0.25, 0.3) is 0 Å². The Kier molecular flexibility index (Phi) is 5.80. The van der Waals surface area contributed by atoms with Gasteiger partial charge >= 0.3 is 0 Å². The van der Waals surface area contributed by atoms with Crippen molar-refractivity contribution in [3.8, 4) is 5.75 Å². The molecule has 1 amide bonds. The van der Waals surface area contributed by atoms with Gasteiger partial charge < -0.3 is 19.5 Å². The van der Waals surface area contributed by atoms with Crippen molar-refractivity contribution >= 4 is 5.91 Å². The quantitative estimate of drug-likeness (QED) is 0.707. The Hall–Kier alpha value is -1.59. The van der Waals surface area contributed by atoms with Crippen molar-refractivity contribution in [1.82, 2.24) is 5.32 Å². The van der Waals surface area contributed by atoms with Gasteiger partial charge in [-0.25, -0.2) is 0 Å². The molecule has 0 heterocycles. The van der Waals surface area contributed by atoms with Gasteiger partial charge in [-0.05, 0) is 37.0 Å². The van der Waals surface area contributed by atoms with E-state index in [0.717, 1.165) is 29.7 Å². The summed E-state index contributed by atoms with van der Waals surface area (Å²) < 4.78 is 15.6. The number of carbonyl (C=O) groups is 1. The van der Waals surface area contributed by atoms with Crippen LogP contribution in [0.25, 0.3) is 0 Å². The molecular formula is C17H25NO4. The van der Waals surface area contributed by atoms with Gasteiger partial charge in [0.1, 0.15) is 5.75 Å². The fourth-order valence-corrected chi connectivity index (χ4v) is 2.54. The summed E-state index contributed by atoms with van der Waals surface area (Å²) in [6.07, 6.45) is 1.77.